The van der Waals surface area contributed by atoms with Crippen LogP contribution in [0.3, 0.4) is 0 Å². The Balaban J connectivity index is 0. The predicted octanol–water partition coefficient (Wildman–Crippen LogP) is 2.42. The van der Waals surface area contributed by atoms with E-state index in [1.807, 2.05) is 13.8 Å². The molecule has 0 amide bonds. The van der Waals surface area contributed by atoms with E-state index >= 15 is 0 Å². The Labute approximate surface area is 109 Å². The first-order chi connectivity index (χ1) is 7.95. The molecule has 0 fully saturated rings. The highest BCUT2D eigenvalue weighted by molar-refractivity contribution is 5.87. The summed E-state index contributed by atoms with van der Waals surface area (Å²) in [6, 6.07) is 0. The lowest BCUT2D eigenvalue weighted by molar-refractivity contribution is -0.138. The largest absolute Gasteiger partial charge is 0.462 e. The Morgan fingerprint density at radius 2 is 2.11 bits per heavy atom. The maximum atomic E-state index is 10.4. The van der Waals surface area contributed by atoms with Gasteiger partial charge in [0, 0.05) is 19.1 Å². The lowest BCUT2D eigenvalue weighted by Gasteiger charge is -2.07. The monoisotopic (exact) mass is 256 g/mol. The van der Waals surface area contributed by atoms with Gasteiger partial charge < -0.3 is 9.84 Å². The van der Waals surface area contributed by atoms with Gasteiger partial charge in [0.2, 0.25) is 0 Å². The predicted molar refractivity (Wildman–Crippen MR) is 72.2 cm³/mol. The highest BCUT2D eigenvalue weighted by Gasteiger charge is 2.04. The van der Waals surface area contributed by atoms with Crippen LogP contribution in [0.25, 0.3) is 0 Å². The van der Waals surface area contributed by atoms with E-state index in [4.69, 9.17) is 5.11 Å². The van der Waals surface area contributed by atoms with Gasteiger partial charge in [0.05, 0.1) is 6.61 Å². The summed E-state index contributed by atoms with van der Waals surface area (Å²) in [7, 11) is 0. The molecule has 1 aliphatic heterocycles. The van der Waals surface area contributed by atoms with Gasteiger partial charge in [-0.05, 0) is 33.3 Å². The fraction of sp³-hybridized carbons (Fsp3) is 0.571. The zero-order valence-corrected chi connectivity index (χ0v) is 10.7. The van der Waals surface area contributed by atoms with Crippen LogP contribution in [0, 0.1) is 0 Å². The number of esters is 1. The molecule has 1 heterocycles. The fourth-order valence-electron chi connectivity index (χ4n) is 1.22. The molecule has 0 aromatic heterocycles. The zero-order valence-electron chi connectivity index (χ0n) is 10.7. The van der Waals surface area contributed by atoms with Crippen LogP contribution in [0.1, 0.15) is 41.0 Å². The van der Waals surface area contributed by atoms with Crippen molar-refractivity contribution in [1.29, 1.82) is 0 Å². The first-order valence-corrected chi connectivity index (χ1v) is 5.58. The quantitative estimate of drug-likeness (QED) is 0.622. The standard InChI is InChI=1S/C7H12O2.C6H8O2.CH4/c1-6(3-4-8)5-7(2)9;1-5-2-3-8-6(7)4-5;/h5,8H,3-4H2,1-2H3;4H,2-3H2,1H3;1H4/b6-5+;;. The van der Waals surface area contributed by atoms with Gasteiger partial charge in [-0.25, -0.2) is 4.79 Å². The molecule has 0 saturated heterocycles. The third-order valence-corrected chi connectivity index (χ3v) is 2.06. The van der Waals surface area contributed by atoms with Gasteiger partial charge in [-0.3, -0.25) is 4.79 Å². The Hall–Kier alpha value is -1.42. The molecule has 104 valence electrons. The number of allylic oxidation sites excluding steroid dienone is 1. The second kappa shape index (κ2) is 10.7. The highest BCUT2D eigenvalue weighted by Crippen LogP contribution is 2.05. The fourth-order valence-corrected chi connectivity index (χ4v) is 1.22. The summed E-state index contributed by atoms with van der Waals surface area (Å²) < 4.78 is 4.63. The van der Waals surface area contributed by atoms with Gasteiger partial charge in [0.1, 0.15) is 0 Å². The number of aliphatic hydroxyl groups is 1. The first-order valence-electron chi connectivity index (χ1n) is 5.58. The normalized spacial score (nSPS) is 14.6. The van der Waals surface area contributed by atoms with Gasteiger partial charge in [-0.1, -0.05) is 18.6 Å². The number of ether oxygens (including phenoxy) is 1. The summed E-state index contributed by atoms with van der Waals surface area (Å²) in [5.41, 5.74) is 2.05. The average Bonchev–Trinajstić information content (AvgIpc) is 2.16. The van der Waals surface area contributed by atoms with Crippen LogP contribution in [0.5, 0.6) is 0 Å². The van der Waals surface area contributed by atoms with Gasteiger partial charge >= 0.3 is 5.97 Å². The molecule has 1 aliphatic rings. The molecule has 0 aliphatic carbocycles. The molecule has 0 saturated carbocycles. The molecular weight excluding hydrogens is 232 g/mol. The van der Waals surface area contributed by atoms with Gasteiger partial charge in [-0.2, -0.15) is 0 Å². The molecular formula is C14H24O4. The Kier molecular flexibility index (Phi) is 11.3. The van der Waals surface area contributed by atoms with Crippen molar-refractivity contribution in [2.75, 3.05) is 13.2 Å². The highest BCUT2D eigenvalue weighted by atomic mass is 16.5. The molecule has 1 N–H and O–H groups in total. The van der Waals surface area contributed by atoms with Crippen LogP contribution < -0.4 is 0 Å². The molecule has 0 spiro atoms. The van der Waals surface area contributed by atoms with E-state index in [0.29, 0.717) is 13.0 Å². The summed E-state index contributed by atoms with van der Waals surface area (Å²) in [6.07, 6.45) is 4.56. The lowest BCUT2D eigenvalue weighted by atomic mass is 10.2. The van der Waals surface area contributed by atoms with Gasteiger partial charge in [-0.15, -0.1) is 0 Å². The van der Waals surface area contributed by atoms with Crippen LogP contribution in [0.2, 0.25) is 0 Å². The maximum absolute atomic E-state index is 10.4. The van der Waals surface area contributed by atoms with E-state index < -0.39 is 0 Å². The van der Waals surface area contributed by atoms with E-state index in [9.17, 15) is 9.59 Å². The van der Waals surface area contributed by atoms with Crippen LogP contribution in [0.15, 0.2) is 23.3 Å². The van der Waals surface area contributed by atoms with Crippen LogP contribution in [0.4, 0.5) is 0 Å². The molecule has 18 heavy (non-hydrogen) atoms. The number of carbonyl (C=O) groups is 2. The number of hydrogen-bond donors (Lipinski definition) is 1. The summed E-state index contributed by atoms with van der Waals surface area (Å²) in [6.45, 7) is 5.94. The van der Waals surface area contributed by atoms with E-state index in [0.717, 1.165) is 17.6 Å². The minimum Gasteiger partial charge on any atom is -0.462 e. The SMILES string of the molecule is C.CC(=O)/C=C(\C)CCO.CC1=CC(=O)OCC1. The topological polar surface area (TPSA) is 63.6 Å². The van der Waals surface area contributed by atoms with E-state index in [-0.39, 0.29) is 25.8 Å². The molecule has 0 aromatic carbocycles. The minimum absolute atomic E-state index is 0. The van der Waals surface area contributed by atoms with Crippen molar-refractivity contribution in [1.82, 2.24) is 0 Å². The molecule has 0 bridgehead atoms. The zero-order chi connectivity index (χ0) is 13.3. The summed E-state index contributed by atoms with van der Waals surface area (Å²) in [5.74, 6) is -0.158. The molecule has 0 aromatic rings. The van der Waals surface area contributed by atoms with Crippen molar-refractivity contribution >= 4 is 11.8 Å². The van der Waals surface area contributed by atoms with Gasteiger partial charge in [0.15, 0.2) is 5.78 Å². The second-order valence-electron chi connectivity index (χ2n) is 3.98. The number of aliphatic hydroxyl groups excluding tert-OH is 1. The molecule has 1 rings (SSSR count). The Morgan fingerprint density at radius 3 is 2.44 bits per heavy atom. The maximum Gasteiger partial charge on any atom is 0.330 e. The van der Waals surface area contributed by atoms with E-state index in [1.54, 1.807) is 0 Å². The Bertz CT molecular complexity index is 327. The summed E-state index contributed by atoms with van der Waals surface area (Å²) >= 11 is 0. The van der Waals surface area contributed by atoms with Crippen molar-refractivity contribution in [2.45, 2.75) is 41.0 Å². The molecule has 0 atom stereocenters. The molecule has 0 unspecified atom stereocenters. The number of ketones is 1. The third kappa shape index (κ3) is 11.1. The van der Waals surface area contributed by atoms with E-state index in [2.05, 4.69) is 4.74 Å². The van der Waals surface area contributed by atoms with Crippen molar-refractivity contribution in [3.8, 4) is 0 Å². The van der Waals surface area contributed by atoms with Crippen LogP contribution >= 0.6 is 0 Å². The number of hydrogen-bond acceptors (Lipinski definition) is 4. The van der Waals surface area contributed by atoms with Crippen LogP contribution in [-0.2, 0) is 14.3 Å². The van der Waals surface area contributed by atoms with Crippen molar-refractivity contribution < 1.29 is 19.4 Å². The summed E-state index contributed by atoms with van der Waals surface area (Å²) in [5, 5.41) is 8.40. The van der Waals surface area contributed by atoms with Gasteiger partial charge in [0.25, 0.3) is 0 Å². The number of carbonyl (C=O) groups excluding carboxylic acids is 2. The second-order valence-corrected chi connectivity index (χ2v) is 3.98. The smallest absolute Gasteiger partial charge is 0.330 e. The van der Waals surface area contributed by atoms with E-state index in [1.165, 1.54) is 19.1 Å². The number of cyclic esters (lactones) is 1. The Morgan fingerprint density at radius 1 is 1.50 bits per heavy atom. The number of rotatable bonds is 3. The minimum atomic E-state index is -0.200. The first kappa shape index (κ1) is 18.9. The molecule has 4 nitrogen and oxygen atoms in total. The van der Waals surface area contributed by atoms with Crippen LogP contribution in [-0.4, -0.2) is 30.1 Å². The van der Waals surface area contributed by atoms with Crippen molar-refractivity contribution in [2.24, 2.45) is 0 Å². The molecule has 0 radical (unpaired) electrons. The van der Waals surface area contributed by atoms with Crippen molar-refractivity contribution in [3.05, 3.63) is 23.3 Å². The molecule has 4 heteroatoms. The summed E-state index contributed by atoms with van der Waals surface area (Å²) in [4.78, 5) is 20.7. The lowest BCUT2D eigenvalue weighted by Crippen LogP contribution is -2.08. The average molecular weight is 256 g/mol. The van der Waals surface area contributed by atoms with Crippen molar-refractivity contribution in [3.63, 3.8) is 0 Å². The third-order valence-electron chi connectivity index (χ3n) is 2.06.